The van der Waals surface area contributed by atoms with Crippen LogP contribution in [0.25, 0.3) is 0 Å². The molecule has 0 saturated carbocycles. The number of rotatable bonds is 3. The fourth-order valence-corrected chi connectivity index (χ4v) is 1.33. The zero-order chi connectivity index (χ0) is 9.97. The third kappa shape index (κ3) is 2.05. The largest absolute Gasteiger partial charge is 0.396 e. The first-order valence-electron chi connectivity index (χ1n) is 4.40. The summed E-state index contributed by atoms with van der Waals surface area (Å²) in [4.78, 5) is 0. The summed E-state index contributed by atoms with van der Waals surface area (Å²) in [5, 5.41) is 10.9. The molecule has 0 bridgehead atoms. The highest BCUT2D eigenvalue weighted by atomic mass is 35.5. The number of hydrogen-bond donors (Lipinski definition) is 2. The summed E-state index contributed by atoms with van der Waals surface area (Å²) in [5.74, 6) is 0.560. The van der Waals surface area contributed by atoms with Crippen LogP contribution < -0.4 is 11.1 Å². The molecule has 0 radical (unpaired) electrons. The van der Waals surface area contributed by atoms with Gasteiger partial charge in [0.15, 0.2) is 11.0 Å². The van der Waals surface area contributed by atoms with E-state index in [1.54, 1.807) is 6.07 Å². The minimum atomic E-state index is 0.270. The second-order valence-corrected chi connectivity index (χ2v) is 3.52. The number of aromatic nitrogens is 2. The monoisotopic (exact) mass is 214 g/mol. The van der Waals surface area contributed by atoms with Gasteiger partial charge in [-0.1, -0.05) is 11.6 Å². The molecule has 1 aromatic rings. The first kappa shape index (κ1) is 9.48. The molecule has 0 aromatic carbocycles. The molecule has 5 nitrogen and oxygen atoms in total. The quantitative estimate of drug-likeness (QED) is 0.783. The molecule has 3 N–H and O–H groups in total. The van der Waals surface area contributed by atoms with Gasteiger partial charge in [0.1, 0.15) is 0 Å². The van der Waals surface area contributed by atoms with Gasteiger partial charge in [-0.25, -0.2) is 0 Å². The fourth-order valence-electron chi connectivity index (χ4n) is 1.17. The Bertz CT molecular complexity index is 329. The van der Waals surface area contributed by atoms with E-state index in [4.69, 9.17) is 22.1 Å². The van der Waals surface area contributed by atoms with Crippen molar-refractivity contribution < 1.29 is 4.74 Å². The Balaban J connectivity index is 1.94. The Morgan fingerprint density at radius 1 is 1.64 bits per heavy atom. The van der Waals surface area contributed by atoms with Crippen molar-refractivity contribution in [1.29, 1.82) is 0 Å². The Hall–Kier alpha value is -1.07. The van der Waals surface area contributed by atoms with Crippen LogP contribution in [0.2, 0.25) is 5.15 Å². The van der Waals surface area contributed by atoms with Gasteiger partial charge in [0.2, 0.25) is 0 Å². The minimum absolute atomic E-state index is 0.270. The van der Waals surface area contributed by atoms with Gasteiger partial charge in [0.25, 0.3) is 0 Å². The maximum atomic E-state index is 5.68. The molecule has 0 amide bonds. The maximum Gasteiger partial charge on any atom is 0.172 e. The molecule has 0 aliphatic carbocycles. The molecule has 1 unspecified atom stereocenters. The van der Waals surface area contributed by atoms with E-state index in [0.717, 1.165) is 13.0 Å². The van der Waals surface area contributed by atoms with E-state index >= 15 is 0 Å². The number of hydrogen-bond acceptors (Lipinski definition) is 5. The molecule has 76 valence electrons. The Labute approximate surface area is 86.6 Å². The minimum Gasteiger partial charge on any atom is -0.396 e. The lowest BCUT2D eigenvalue weighted by Crippen LogP contribution is -2.33. The van der Waals surface area contributed by atoms with E-state index in [2.05, 4.69) is 15.5 Å². The van der Waals surface area contributed by atoms with Gasteiger partial charge in [-0.3, -0.25) is 0 Å². The van der Waals surface area contributed by atoms with Crippen molar-refractivity contribution in [3.63, 3.8) is 0 Å². The van der Waals surface area contributed by atoms with Crippen molar-refractivity contribution in [3.8, 4) is 0 Å². The molecular weight excluding hydrogens is 204 g/mol. The molecule has 1 saturated heterocycles. The number of nitrogens with two attached hydrogens (primary N) is 1. The average Bonchev–Trinajstić information content (AvgIpc) is 2.05. The lowest BCUT2D eigenvalue weighted by Gasteiger charge is -2.26. The van der Waals surface area contributed by atoms with Crippen LogP contribution in [0, 0.1) is 0 Å². The lowest BCUT2D eigenvalue weighted by atomic mass is 10.2. The summed E-state index contributed by atoms with van der Waals surface area (Å²) >= 11 is 5.61. The summed E-state index contributed by atoms with van der Waals surface area (Å²) in [5.41, 5.74) is 6.18. The van der Waals surface area contributed by atoms with Crippen molar-refractivity contribution in [2.75, 3.05) is 24.2 Å². The van der Waals surface area contributed by atoms with Crippen LogP contribution >= 0.6 is 11.6 Å². The van der Waals surface area contributed by atoms with Crippen LogP contribution in [0.4, 0.5) is 11.5 Å². The molecule has 1 atom stereocenters. The molecule has 1 aliphatic rings. The molecule has 0 spiro atoms. The molecule has 14 heavy (non-hydrogen) atoms. The number of anilines is 2. The molecule has 2 heterocycles. The number of nitrogens with zero attached hydrogens (tertiary/aromatic N) is 2. The predicted octanol–water partition coefficient (Wildman–Crippen LogP) is 0.913. The molecular formula is C8H11ClN4O. The van der Waals surface area contributed by atoms with Crippen LogP contribution in [-0.2, 0) is 4.74 Å². The summed E-state index contributed by atoms with van der Waals surface area (Å²) in [6, 6.07) is 1.57. The number of ether oxygens (including phenoxy) is 1. The fraction of sp³-hybridized carbons (Fsp3) is 0.500. The van der Waals surface area contributed by atoms with Gasteiger partial charge >= 0.3 is 0 Å². The molecule has 6 heteroatoms. The van der Waals surface area contributed by atoms with Crippen molar-refractivity contribution >= 4 is 23.1 Å². The van der Waals surface area contributed by atoms with E-state index in [9.17, 15) is 0 Å². The predicted molar refractivity (Wildman–Crippen MR) is 54.3 cm³/mol. The smallest absolute Gasteiger partial charge is 0.172 e. The van der Waals surface area contributed by atoms with Gasteiger partial charge in [-0.2, -0.15) is 0 Å². The van der Waals surface area contributed by atoms with Crippen LogP contribution in [0.15, 0.2) is 6.07 Å². The first-order valence-corrected chi connectivity index (χ1v) is 4.77. The zero-order valence-corrected chi connectivity index (χ0v) is 8.29. The van der Waals surface area contributed by atoms with Crippen LogP contribution in [0.5, 0.6) is 0 Å². The third-order valence-electron chi connectivity index (χ3n) is 2.08. The Morgan fingerprint density at radius 3 is 3.00 bits per heavy atom. The highest BCUT2D eigenvalue weighted by Gasteiger charge is 2.18. The summed E-state index contributed by atoms with van der Waals surface area (Å²) < 4.78 is 5.24. The lowest BCUT2D eigenvalue weighted by molar-refractivity contribution is -0.0410. The molecule has 1 fully saturated rings. The number of halogens is 1. The van der Waals surface area contributed by atoms with Crippen molar-refractivity contribution in [3.05, 3.63) is 11.2 Å². The summed E-state index contributed by atoms with van der Waals surface area (Å²) in [6.07, 6.45) is 1.35. The van der Waals surface area contributed by atoms with Gasteiger partial charge in [0.05, 0.1) is 11.8 Å². The van der Waals surface area contributed by atoms with Crippen LogP contribution in [0.1, 0.15) is 6.42 Å². The molecule has 1 aliphatic heterocycles. The number of nitrogen functional groups attached to an aromatic ring is 1. The van der Waals surface area contributed by atoms with E-state index in [1.807, 2.05) is 0 Å². The summed E-state index contributed by atoms with van der Waals surface area (Å²) in [7, 11) is 0. The SMILES string of the molecule is Nc1cc(Cl)nnc1NCC1CCO1. The van der Waals surface area contributed by atoms with E-state index in [0.29, 0.717) is 23.2 Å². The molecule has 2 rings (SSSR count). The normalized spacial score (nSPS) is 20.2. The number of nitrogens with one attached hydrogen (secondary N) is 1. The van der Waals surface area contributed by atoms with Gasteiger partial charge in [-0.15, -0.1) is 10.2 Å². The van der Waals surface area contributed by atoms with Crippen molar-refractivity contribution in [1.82, 2.24) is 10.2 Å². The first-order chi connectivity index (χ1) is 6.75. The van der Waals surface area contributed by atoms with E-state index in [-0.39, 0.29) is 6.10 Å². The zero-order valence-electron chi connectivity index (χ0n) is 7.53. The topological polar surface area (TPSA) is 73.1 Å². The molecule has 1 aromatic heterocycles. The van der Waals surface area contributed by atoms with E-state index < -0.39 is 0 Å². The third-order valence-corrected chi connectivity index (χ3v) is 2.27. The summed E-state index contributed by atoms with van der Waals surface area (Å²) in [6.45, 7) is 1.55. The standard InChI is InChI=1S/C8H11ClN4O/c9-7-3-6(10)8(13-12-7)11-4-5-1-2-14-5/h3,5H,1-2,4H2,(H2,10,12)(H,11,13). The highest BCUT2D eigenvalue weighted by molar-refractivity contribution is 6.29. The van der Waals surface area contributed by atoms with Crippen molar-refractivity contribution in [2.24, 2.45) is 0 Å². The van der Waals surface area contributed by atoms with Crippen LogP contribution in [0.3, 0.4) is 0 Å². The highest BCUT2D eigenvalue weighted by Crippen LogP contribution is 2.18. The van der Waals surface area contributed by atoms with Crippen LogP contribution in [-0.4, -0.2) is 29.5 Å². The second-order valence-electron chi connectivity index (χ2n) is 3.13. The van der Waals surface area contributed by atoms with Crippen molar-refractivity contribution in [2.45, 2.75) is 12.5 Å². The Morgan fingerprint density at radius 2 is 2.43 bits per heavy atom. The van der Waals surface area contributed by atoms with Gasteiger partial charge < -0.3 is 15.8 Å². The maximum absolute atomic E-state index is 5.68. The van der Waals surface area contributed by atoms with E-state index in [1.165, 1.54) is 0 Å². The Kier molecular flexibility index (Phi) is 2.69. The van der Waals surface area contributed by atoms with Gasteiger partial charge in [0, 0.05) is 19.2 Å². The second kappa shape index (κ2) is 3.98. The average molecular weight is 215 g/mol. The van der Waals surface area contributed by atoms with Gasteiger partial charge in [-0.05, 0) is 6.42 Å².